The van der Waals surface area contributed by atoms with Crippen LogP contribution in [0.5, 0.6) is 11.5 Å². The molecule has 1 aliphatic rings. The molecule has 7 nitrogen and oxygen atoms in total. The van der Waals surface area contributed by atoms with Crippen molar-refractivity contribution in [1.29, 1.82) is 0 Å². The SMILES string of the molecule is C=CCNS(=O)(=O)c1cc(C(=O)NC(CC)c2ccc3c(c2)OCCO3)ccc1F. The Bertz CT molecular complexity index is 1060. The van der Waals surface area contributed by atoms with Crippen molar-refractivity contribution in [3.05, 3.63) is 66.0 Å². The molecule has 9 heteroatoms. The van der Waals surface area contributed by atoms with Crippen LogP contribution in [0.4, 0.5) is 4.39 Å². The second-order valence-electron chi connectivity index (χ2n) is 6.62. The lowest BCUT2D eigenvalue weighted by atomic mass is 10.0. The Kier molecular flexibility index (Phi) is 6.73. The molecule has 2 aromatic carbocycles. The standard InChI is InChI=1S/C21H23FN2O5S/c1-3-9-23-30(26,27)20-13-15(5-7-16(20)22)21(25)24-17(4-2)14-6-8-18-19(12-14)29-11-10-28-18/h3,5-8,12-13,17,23H,1,4,9-11H2,2H3,(H,24,25). The van der Waals surface area contributed by atoms with Crippen LogP contribution in [0, 0.1) is 5.82 Å². The maximum absolute atomic E-state index is 14.1. The molecule has 1 unspecified atom stereocenters. The highest BCUT2D eigenvalue weighted by Gasteiger charge is 2.22. The summed E-state index contributed by atoms with van der Waals surface area (Å²) in [6, 6.07) is 8.30. The Morgan fingerprint density at radius 3 is 2.63 bits per heavy atom. The minimum absolute atomic E-state index is 0.0337. The first-order chi connectivity index (χ1) is 14.4. The molecule has 0 radical (unpaired) electrons. The van der Waals surface area contributed by atoms with E-state index in [0.29, 0.717) is 31.1 Å². The Labute approximate surface area is 174 Å². The molecule has 0 bridgehead atoms. The van der Waals surface area contributed by atoms with Crippen LogP contribution in [0.3, 0.4) is 0 Å². The molecule has 0 aliphatic carbocycles. The third kappa shape index (κ3) is 4.80. The Morgan fingerprint density at radius 1 is 1.20 bits per heavy atom. The van der Waals surface area contributed by atoms with Crippen LogP contribution in [-0.4, -0.2) is 34.1 Å². The third-order valence-electron chi connectivity index (χ3n) is 4.58. The third-order valence-corrected chi connectivity index (χ3v) is 6.02. The quantitative estimate of drug-likeness (QED) is 0.623. The number of halogens is 1. The van der Waals surface area contributed by atoms with E-state index in [9.17, 15) is 17.6 Å². The predicted molar refractivity (Wildman–Crippen MR) is 110 cm³/mol. The number of nitrogens with one attached hydrogen (secondary N) is 2. The van der Waals surface area contributed by atoms with E-state index in [1.54, 1.807) is 6.07 Å². The molecule has 0 saturated carbocycles. The summed E-state index contributed by atoms with van der Waals surface area (Å²) in [5.41, 5.74) is 0.851. The second-order valence-corrected chi connectivity index (χ2v) is 8.36. The number of hydrogen-bond acceptors (Lipinski definition) is 5. The average Bonchev–Trinajstić information content (AvgIpc) is 2.75. The van der Waals surface area contributed by atoms with Crippen molar-refractivity contribution in [2.24, 2.45) is 0 Å². The van der Waals surface area contributed by atoms with Gasteiger partial charge in [0.1, 0.15) is 23.9 Å². The highest BCUT2D eigenvalue weighted by Crippen LogP contribution is 2.33. The average molecular weight is 434 g/mol. The topological polar surface area (TPSA) is 93.7 Å². The van der Waals surface area contributed by atoms with E-state index in [-0.39, 0.29) is 18.2 Å². The second kappa shape index (κ2) is 9.27. The molecule has 0 spiro atoms. The Balaban J connectivity index is 1.82. The lowest BCUT2D eigenvalue weighted by Gasteiger charge is -2.22. The first-order valence-electron chi connectivity index (χ1n) is 9.46. The van der Waals surface area contributed by atoms with E-state index in [0.717, 1.165) is 17.7 Å². The molecule has 1 heterocycles. The van der Waals surface area contributed by atoms with E-state index in [2.05, 4.69) is 16.6 Å². The van der Waals surface area contributed by atoms with Crippen LogP contribution < -0.4 is 19.5 Å². The number of carbonyl (C=O) groups is 1. The van der Waals surface area contributed by atoms with E-state index in [4.69, 9.17) is 9.47 Å². The molecule has 0 fully saturated rings. The van der Waals surface area contributed by atoms with Gasteiger partial charge < -0.3 is 14.8 Å². The largest absolute Gasteiger partial charge is 0.486 e. The number of hydrogen-bond donors (Lipinski definition) is 2. The van der Waals surface area contributed by atoms with Gasteiger partial charge in [-0.1, -0.05) is 19.1 Å². The molecule has 2 aromatic rings. The lowest BCUT2D eigenvalue weighted by molar-refractivity contribution is 0.0935. The minimum atomic E-state index is -4.11. The molecule has 1 amide bonds. The van der Waals surface area contributed by atoms with Gasteiger partial charge >= 0.3 is 0 Å². The molecule has 160 valence electrons. The lowest BCUT2D eigenvalue weighted by Crippen LogP contribution is -2.29. The van der Waals surface area contributed by atoms with Crippen molar-refractivity contribution in [2.45, 2.75) is 24.3 Å². The molecule has 0 aromatic heterocycles. The normalized spacial score (nSPS) is 14.1. The van der Waals surface area contributed by atoms with Crippen LogP contribution in [0.25, 0.3) is 0 Å². The number of amides is 1. The van der Waals surface area contributed by atoms with Crippen molar-refractivity contribution in [2.75, 3.05) is 19.8 Å². The van der Waals surface area contributed by atoms with Crippen molar-refractivity contribution in [3.63, 3.8) is 0 Å². The smallest absolute Gasteiger partial charge is 0.251 e. The Morgan fingerprint density at radius 2 is 1.93 bits per heavy atom. The number of rotatable bonds is 8. The molecule has 0 saturated heterocycles. The van der Waals surface area contributed by atoms with E-state index in [1.807, 2.05) is 19.1 Å². The molecular formula is C21H23FN2O5S. The molecule has 1 aliphatic heterocycles. The number of ether oxygens (including phenoxy) is 2. The summed E-state index contributed by atoms with van der Waals surface area (Å²) in [4.78, 5) is 12.2. The number of carbonyl (C=O) groups excluding carboxylic acids is 1. The first-order valence-corrected chi connectivity index (χ1v) is 10.9. The number of sulfonamides is 1. The summed E-state index contributed by atoms with van der Waals surface area (Å²) < 4.78 is 51.9. The van der Waals surface area contributed by atoms with Gasteiger partial charge in [0, 0.05) is 12.1 Å². The fourth-order valence-corrected chi connectivity index (χ4v) is 4.14. The van der Waals surface area contributed by atoms with Crippen LogP contribution in [-0.2, 0) is 10.0 Å². The maximum atomic E-state index is 14.1. The van der Waals surface area contributed by atoms with Gasteiger partial charge in [-0.3, -0.25) is 4.79 Å². The summed E-state index contributed by atoms with van der Waals surface area (Å²) in [5, 5.41) is 2.86. The van der Waals surface area contributed by atoms with Crippen LogP contribution in [0.15, 0.2) is 53.9 Å². The number of benzene rings is 2. The van der Waals surface area contributed by atoms with Crippen molar-refractivity contribution >= 4 is 15.9 Å². The molecule has 30 heavy (non-hydrogen) atoms. The van der Waals surface area contributed by atoms with Gasteiger partial charge in [0.25, 0.3) is 5.91 Å². The molecule has 2 N–H and O–H groups in total. The van der Waals surface area contributed by atoms with E-state index < -0.39 is 26.6 Å². The first kappa shape index (κ1) is 21.8. The van der Waals surface area contributed by atoms with Crippen LogP contribution >= 0.6 is 0 Å². The molecule has 3 rings (SSSR count). The summed E-state index contributed by atoms with van der Waals surface area (Å²) in [7, 11) is -4.11. The fourth-order valence-electron chi connectivity index (χ4n) is 3.04. The van der Waals surface area contributed by atoms with Crippen molar-refractivity contribution in [3.8, 4) is 11.5 Å². The summed E-state index contributed by atoms with van der Waals surface area (Å²) in [6.45, 7) is 6.21. The molecule has 1 atom stereocenters. The van der Waals surface area contributed by atoms with E-state index >= 15 is 0 Å². The zero-order valence-electron chi connectivity index (χ0n) is 16.5. The zero-order chi connectivity index (χ0) is 21.7. The Hall–Kier alpha value is -2.91. The van der Waals surface area contributed by atoms with Crippen LogP contribution in [0.1, 0.15) is 35.3 Å². The summed E-state index contributed by atoms with van der Waals surface area (Å²) in [5.74, 6) is -0.208. The molecular weight excluding hydrogens is 411 g/mol. The van der Waals surface area contributed by atoms with Crippen molar-refractivity contribution < 1.29 is 27.1 Å². The van der Waals surface area contributed by atoms with Gasteiger partial charge in [-0.2, -0.15) is 0 Å². The fraction of sp³-hybridized carbons (Fsp3) is 0.286. The maximum Gasteiger partial charge on any atom is 0.251 e. The number of fused-ring (bicyclic) bond motifs is 1. The summed E-state index contributed by atoms with van der Waals surface area (Å²) in [6.07, 6.45) is 1.92. The van der Waals surface area contributed by atoms with Gasteiger partial charge in [-0.05, 0) is 42.3 Å². The van der Waals surface area contributed by atoms with Gasteiger partial charge in [0.2, 0.25) is 10.0 Å². The van der Waals surface area contributed by atoms with Gasteiger partial charge in [-0.25, -0.2) is 17.5 Å². The highest BCUT2D eigenvalue weighted by molar-refractivity contribution is 7.89. The monoisotopic (exact) mass is 434 g/mol. The van der Waals surface area contributed by atoms with Crippen LogP contribution in [0.2, 0.25) is 0 Å². The van der Waals surface area contributed by atoms with Gasteiger partial charge in [-0.15, -0.1) is 6.58 Å². The zero-order valence-corrected chi connectivity index (χ0v) is 17.3. The highest BCUT2D eigenvalue weighted by atomic mass is 32.2. The van der Waals surface area contributed by atoms with Crippen molar-refractivity contribution in [1.82, 2.24) is 10.0 Å². The minimum Gasteiger partial charge on any atom is -0.486 e. The van der Waals surface area contributed by atoms with Gasteiger partial charge in [0.15, 0.2) is 11.5 Å². The summed E-state index contributed by atoms with van der Waals surface area (Å²) >= 11 is 0. The van der Waals surface area contributed by atoms with E-state index in [1.165, 1.54) is 12.1 Å². The van der Waals surface area contributed by atoms with Gasteiger partial charge in [0.05, 0.1) is 6.04 Å². The predicted octanol–water partition coefficient (Wildman–Crippen LogP) is 2.94.